The van der Waals surface area contributed by atoms with Crippen LogP contribution in [0.15, 0.2) is 53.6 Å². The van der Waals surface area contributed by atoms with Crippen molar-refractivity contribution in [1.82, 2.24) is 14.2 Å². The van der Waals surface area contributed by atoms with Crippen LogP contribution in [-0.4, -0.2) is 38.5 Å². The number of aromatic nitrogens is 1. The van der Waals surface area contributed by atoms with Crippen molar-refractivity contribution in [3.05, 3.63) is 64.8 Å². The molecule has 1 heterocycles. The Morgan fingerprint density at radius 3 is 2.56 bits per heavy atom. The summed E-state index contributed by atoms with van der Waals surface area (Å²) >= 11 is 6.09. The van der Waals surface area contributed by atoms with Gasteiger partial charge in [0.1, 0.15) is 0 Å². The Morgan fingerprint density at radius 1 is 1.19 bits per heavy atom. The number of nitrogens with one attached hydrogen (secondary N) is 1. The molecular formula is C20H24ClN3O2S. The maximum atomic E-state index is 12.7. The van der Waals surface area contributed by atoms with Gasteiger partial charge in [-0.25, -0.2) is 13.1 Å². The highest BCUT2D eigenvalue weighted by molar-refractivity contribution is 7.89. The third-order valence-corrected chi connectivity index (χ3v) is 6.66. The van der Waals surface area contributed by atoms with E-state index in [0.29, 0.717) is 5.02 Å². The number of benzene rings is 2. The maximum Gasteiger partial charge on any atom is 0.240 e. The second-order valence-corrected chi connectivity index (χ2v) is 9.13. The zero-order chi connectivity index (χ0) is 19.8. The summed E-state index contributed by atoms with van der Waals surface area (Å²) in [4.78, 5) is 2.19. The molecule has 1 aromatic heterocycles. The zero-order valence-corrected chi connectivity index (χ0v) is 17.5. The van der Waals surface area contributed by atoms with Crippen LogP contribution < -0.4 is 4.72 Å². The molecule has 0 bridgehead atoms. The van der Waals surface area contributed by atoms with Gasteiger partial charge < -0.3 is 9.47 Å². The number of rotatable bonds is 6. The molecule has 1 unspecified atom stereocenters. The van der Waals surface area contributed by atoms with Crippen LogP contribution in [-0.2, 0) is 17.1 Å². The molecule has 0 radical (unpaired) electrons. The van der Waals surface area contributed by atoms with Gasteiger partial charge in [-0.2, -0.15) is 0 Å². The molecule has 2 aromatic carbocycles. The van der Waals surface area contributed by atoms with Crippen molar-refractivity contribution in [3.63, 3.8) is 0 Å². The van der Waals surface area contributed by atoms with E-state index in [2.05, 4.69) is 27.6 Å². The molecule has 7 heteroatoms. The van der Waals surface area contributed by atoms with Gasteiger partial charge in [-0.1, -0.05) is 35.9 Å². The molecule has 3 rings (SSSR count). The van der Waals surface area contributed by atoms with E-state index >= 15 is 0 Å². The van der Waals surface area contributed by atoms with Crippen LogP contribution in [0.2, 0.25) is 5.02 Å². The fourth-order valence-corrected chi connectivity index (χ4v) is 4.53. The minimum absolute atomic E-state index is 0.105. The van der Waals surface area contributed by atoms with E-state index < -0.39 is 10.0 Å². The molecule has 0 saturated carbocycles. The van der Waals surface area contributed by atoms with Gasteiger partial charge in [0.25, 0.3) is 0 Å². The monoisotopic (exact) mass is 405 g/mol. The summed E-state index contributed by atoms with van der Waals surface area (Å²) in [7, 11) is 2.24. The van der Waals surface area contributed by atoms with E-state index in [1.807, 2.05) is 45.1 Å². The first-order chi connectivity index (χ1) is 12.7. The second-order valence-electron chi connectivity index (χ2n) is 6.95. The lowest BCUT2D eigenvalue weighted by molar-refractivity contribution is 0.301. The maximum absolute atomic E-state index is 12.7. The lowest BCUT2D eigenvalue weighted by Crippen LogP contribution is -2.34. The number of hydrogen-bond acceptors (Lipinski definition) is 3. The minimum Gasteiger partial charge on any atom is -0.350 e. The van der Waals surface area contributed by atoms with Crippen molar-refractivity contribution in [3.8, 4) is 0 Å². The molecule has 0 aliphatic carbocycles. The van der Waals surface area contributed by atoms with Crippen LogP contribution in [0.4, 0.5) is 0 Å². The van der Waals surface area contributed by atoms with Crippen molar-refractivity contribution in [2.75, 3.05) is 20.6 Å². The van der Waals surface area contributed by atoms with Crippen molar-refractivity contribution in [2.24, 2.45) is 7.05 Å². The van der Waals surface area contributed by atoms with Gasteiger partial charge in [-0.3, -0.25) is 0 Å². The highest BCUT2D eigenvalue weighted by Gasteiger charge is 2.23. The Hall–Kier alpha value is -1.86. The van der Waals surface area contributed by atoms with E-state index in [1.54, 1.807) is 12.1 Å². The third-order valence-electron chi connectivity index (χ3n) is 4.83. The molecule has 0 spiro atoms. The fraction of sp³-hybridized carbons (Fsp3) is 0.300. The average Bonchev–Trinajstić information content (AvgIpc) is 2.94. The summed E-state index contributed by atoms with van der Waals surface area (Å²) in [5, 5.41) is 1.56. The van der Waals surface area contributed by atoms with Crippen LogP contribution in [0.3, 0.4) is 0 Å². The summed E-state index contributed by atoms with van der Waals surface area (Å²) in [5.41, 5.74) is 3.05. The van der Waals surface area contributed by atoms with Gasteiger partial charge in [-0.15, -0.1) is 0 Å². The molecule has 1 atom stereocenters. The molecule has 0 amide bonds. The first-order valence-electron chi connectivity index (χ1n) is 8.67. The lowest BCUT2D eigenvalue weighted by atomic mass is 10.1. The van der Waals surface area contributed by atoms with Crippen LogP contribution in [0.1, 0.15) is 17.2 Å². The lowest BCUT2D eigenvalue weighted by Gasteiger charge is -2.24. The van der Waals surface area contributed by atoms with Crippen molar-refractivity contribution in [1.29, 1.82) is 0 Å². The number of likely N-dealkylation sites (N-methyl/N-ethyl adjacent to an activating group) is 1. The predicted molar refractivity (Wildman–Crippen MR) is 111 cm³/mol. The predicted octanol–water partition coefficient (Wildman–Crippen LogP) is 3.72. The normalized spacial score (nSPS) is 13.4. The number of halogens is 1. The largest absolute Gasteiger partial charge is 0.350 e. The zero-order valence-electron chi connectivity index (χ0n) is 15.9. The first kappa shape index (κ1) is 19.9. The fourth-order valence-electron chi connectivity index (χ4n) is 3.22. The molecule has 0 fully saturated rings. The highest BCUT2D eigenvalue weighted by Crippen LogP contribution is 2.29. The standard InChI is InChI=1S/C20H24ClN3O2S/c1-14-9-10-15(11-18(14)21)27(25,26)22-12-20(23(2)3)17-13-24(4)19-8-6-5-7-16(17)19/h5-11,13,20,22H,12H2,1-4H3. The average molecular weight is 406 g/mol. The van der Waals surface area contributed by atoms with Crippen LogP contribution in [0.5, 0.6) is 0 Å². The Labute approximate surface area is 165 Å². The van der Waals surface area contributed by atoms with Crippen molar-refractivity contribution >= 4 is 32.5 Å². The summed E-state index contributed by atoms with van der Waals surface area (Å²) in [6.45, 7) is 2.10. The van der Waals surface area contributed by atoms with Gasteiger partial charge >= 0.3 is 0 Å². The van der Waals surface area contributed by atoms with E-state index in [1.165, 1.54) is 6.07 Å². The van der Waals surface area contributed by atoms with E-state index in [9.17, 15) is 8.42 Å². The van der Waals surface area contributed by atoms with Gasteiger partial charge in [0.05, 0.1) is 4.90 Å². The highest BCUT2D eigenvalue weighted by atomic mass is 35.5. The Bertz CT molecular complexity index is 1070. The van der Waals surface area contributed by atoms with Crippen LogP contribution >= 0.6 is 11.6 Å². The second kappa shape index (κ2) is 7.64. The smallest absolute Gasteiger partial charge is 0.240 e. The number of aryl methyl sites for hydroxylation is 2. The topological polar surface area (TPSA) is 54.3 Å². The number of sulfonamides is 1. The Kier molecular flexibility index (Phi) is 5.63. The summed E-state index contributed by atoms with van der Waals surface area (Å²) in [6.07, 6.45) is 2.06. The molecule has 3 aromatic rings. The molecule has 0 aliphatic rings. The van der Waals surface area contributed by atoms with Gasteiger partial charge in [-0.05, 0) is 50.3 Å². The first-order valence-corrected chi connectivity index (χ1v) is 10.5. The number of para-hydroxylation sites is 1. The van der Waals surface area contributed by atoms with E-state index in [4.69, 9.17) is 11.6 Å². The SMILES string of the molecule is Cc1ccc(S(=O)(=O)NCC(c2cn(C)c3ccccc23)N(C)C)cc1Cl. The van der Waals surface area contributed by atoms with Gasteiger partial charge in [0.2, 0.25) is 10.0 Å². The van der Waals surface area contributed by atoms with Crippen molar-refractivity contribution < 1.29 is 8.42 Å². The summed E-state index contributed by atoms with van der Waals surface area (Å²) < 4.78 is 30.3. The molecule has 27 heavy (non-hydrogen) atoms. The molecule has 0 saturated heterocycles. The summed E-state index contributed by atoms with van der Waals surface area (Å²) in [5.74, 6) is 0. The van der Waals surface area contributed by atoms with Crippen LogP contribution in [0.25, 0.3) is 10.9 Å². The number of hydrogen-bond donors (Lipinski definition) is 1. The van der Waals surface area contributed by atoms with E-state index in [-0.39, 0.29) is 17.5 Å². The van der Waals surface area contributed by atoms with Crippen molar-refractivity contribution in [2.45, 2.75) is 17.9 Å². The van der Waals surface area contributed by atoms with Gasteiger partial charge in [0, 0.05) is 41.8 Å². The molecule has 144 valence electrons. The van der Waals surface area contributed by atoms with Gasteiger partial charge in [0.15, 0.2) is 0 Å². The minimum atomic E-state index is -3.65. The quantitative estimate of drug-likeness (QED) is 0.680. The third kappa shape index (κ3) is 4.04. The van der Waals surface area contributed by atoms with Crippen LogP contribution in [0, 0.1) is 6.92 Å². The molecule has 0 aliphatic heterocycles. The molecule has 1 N–H and O–H groups in total. The Morgan fingerprint density at radius 2 is 1.89 bits per heavy atom. The summed E-state index contributed by atoms with van der Waals surface area (Å²) in [6, 6.07) is 12.8. The molecule has 5 nitrogen and oxygen atoms in total. The number of nitrogens with zero attached hydrogens (tertiary/aromatic N) is 2. The molecular weight excluding hydrogens is 382 g/mol. The number of fused-ring (bicyclic) bond motifs is 1. The van der Waals surface area contributed by atoms with E-state index in [0.717, 1.165) is 22.0 Å². The Balaban J connectivity index is 1.90.